The van der Waals surface area contributed by atoms with E-state index in [-0.39, 0.29) is 12.0 Å². The number of nitrogens with zero attached hydrogens (tertiary/aromatic N) is 2. The molecule has 1 fully saturated rings. The minimum Gasteiger partial charge on any atom is -0.479 e. The molecule has 1 aliphatic heterocycles. The highest BCUT2D eigenvalue weighted by molar-refractivity contribution is 5.83. The molecule has 1 unspecified atom stereocenters. The zero-order valence-corrected chi connectivity index (χ0v) is 8.01. The summed E-state index contributed by atoms with van der Waals surface area (Å²) >= 11 is 0. The average molecular weight is 192 g/mol. The molecule has 2 rings (SSSR count). The van der Waals surface area contributed by atoms with E-state index in [2.05, 4.69) is 4.98 Å². The Morgan fingerprint density at radius 2 is 2.50 bits per heavy atom. The van der Waals surface area contributed by atoms with Crippen molar-refractivity contribution in [2.24, 2.45) is 0 Å². The normalized spacial score (nSPS) is 21.4. The first-order valence-electron chi connectivity index (χ1n) is 4.59. The van der Waals surface area contributed by atoms with Crippen LogP contribution in [0.25, 0.3) is 0 Å². The van der Waals surface area contributed by atoms with E-state index in [1.807, 2.05) is 0 Å². The lowest BCUT2D eigenvalue weighted by molar-refractivity contribution is -0.132. The van der Waals surface area contributed by atoms with Gasteiger partial charge in [-0.05, 0) is 12.1 Å². The van der Waals surface area contributed by atoms with Gasteiger partial charge in [-0.1, -0.05) is 0 Å². The average Bonchev–Trinajstić information content (AvgIpc) is 2.52. The molecule has 1 aliphatic rings. The van der Waals surface area contributed by atoms with E-state index < -0.39 is 0 Å². The Labute approximate surface area is 82.5 Å². The van der Waals surface area contributed by atoms with Crippen molar-refractivity contribution >= 4 is 5.91 Å². The van der Waals surface area contributed by atoms with Crippen LogP contribution in [0.1, 0.15) is 6.42 Å². The number of carbonyl (C=O) groups is 1. The fraction of sp³-hybridized carbons (Fsp3) is 0.400. The lowest BCUT2D eigenvalue weighted by Crippen LogP contribution is -2.29. The van der Waals surface area contributed by atoms with Crippen molar-refractivity contribution in [1.29, 1.82) is 0 Å². The number of pyridine rings is 1. The van der Waals surface area contributed by atoms with Crippen LogP contribution in [0.3, 0.4) is 0 Å². The Morgan fingerprint density at radius 1 is 1.64 bits per heavy atom. The van der Waals surface area contributed by atoms with Crippen molar-refractivity contribution in [1.82, 2.24) is 9.88 Å². The summed E-state index contributed by atoms with van der Waals surface area (Å²) in [5.41, 5.74) is 0. The van der Waals surface area contributed by atoms with Gasteiger partial charge in [-0.25, -0.2) is 0 Å². The van der Waals surface area contributed by atoms with Crippen molar-refractivity contribution in [2.75, 3.05) is 13.6 Å². The monoisotopic (exact) mass is 192 g/mol. The van der Waals surface area contributed by atoms with Gasteiger partial charge < -0.3 is 9.64 Å². The SMILES string of the molecule is CN1CCC(Oc2cccnc2)C1=O. The maximum Gasteiger partial charge on any atom is 0.263 e. The van der Waals surface area contributed by atoms with Crippen LogP contribution in [-0.2, 0) is 4.79 Å². The first kappa shape index (κ1) is 8.99. The van der Waals surface area contributed by atoms with Crippen LogP contribution in [0.2, 0.25) is 0 Å². The second-order valence-corrected chi connectivity index (χ2v) is 3.34. The van der Waals surface area contributed by atoms with Gasteiger partial charge in [0, 0.05) is 26.2 Å². The van der Waals surface area contributed by atoms with E-state index in [1.54, 1.807) is 36.5 Å². The van der Waals surface area contributed by atoms with Crippen LogP contribution < -0.4 is 4.74 Å². The van der Waals surface area contributed by atoms with Crippen molar-refractivity contribution < 1.29 is 9.53 Å². The van der Waals surface area contributed by atoms with Crippen LogP contribution in [0.4, 0.5) is 0 Å². The fourth-order valence-electron chi connectivity index (χ4n) is 1.48. The molecule has 0 N–H and O–H groups in total. The molecule has 2 heterocycles. The van der Waals surface area contributed by atoms with Gasteiger partial charge in [0.25, 0.3) is 5.91 Å². The van der Waals surface area contributed by atoms with Gasteiger partial charge in [0.05, 0.1) is 6.20 Å². The highest BCUT2D eigenvalue weighted by atomic mass is 16.5. The van der Waals surface area contributed by atoms with E-state index >= 15 is 0 Å². The second-order valence-electron chi connectivity index (χ2n) is 3.34. The van der Waals surface area contributed by atoms with E-state index in [0.29, 0.717) is 5.75 Å². The lowest BCUT2D eigenvalue weighted by atomic mass is 10.3. The van der Waals surface area contributed by atoms with E-state index in [0.717, 1.165) is 13.0 Å². The Hall–Kier alpha value is -1.58. The zero-order chi connectivity index (χ0) is 9.97. The molecule has 0 spiro atoms. The van der Waals surface area contributed by atoms with Gasteiger partial charge in [-0.15, -0.1) is 0 Å². The van der Waals surface area contributed by atoms with Crippen molar-refractivity contribution in [2.45, 2.75) is 12.5 Å². The third-order valence-corrected chi connectivity index (χ3v) is 2.29. The summed E-state index contributed by atoms with van der Waals surface area (Å²) in [6.45, 7) is 0.768. The molecule has 0 aliphatic carbocycles. The summed E-state index contributed by atoms with van der Waals surface area (Å²) in [6.07, 6.45) is 3.72. The minimum absolute atomic E-state index is 0.0499. The number of carbonyl (C=O) groups excluding carboxylic acids is 1. The molecule has 1 saturated heterocycles. The molecule has 1 aromatic rings. The van der Waals surface area contributed by atoms with Gasteiger partial charge in [0.1, 0.15) is 5.75 Å². The second kappa shape index (κ2) is 3.65. The molecule has 1 aromatic heterocycles. The highest BCUT2D eigenvalue weighted by Gasteiger charge is 2.30. The van der Waals surface area contributed by atoms with Crippen LogP contribution in [0, 0.1) is 0 Å². The largest absolute Gasteiger partial charge is 0.479 e. The quantitative estimate of drug-likeness (QED) is 0.692. The van der Waals surface area contributed by atoms with Crippen molar-refractivity contribution in [3.05, 3.63) is 24.5 Å². The van der Waals surface area contributed by atoms with E-state index in [4.69, 9.17) is 4.74 Å². The summed E-state index contributed by atoms with van der Waals surface area (Å²) in [5.74, 6) is 0.704. The molecule has 14 heavy (non-hydrogen) atoms. The van der Waals surface area contributed by atoms with Gasteiger partial charge >= 0.3 is 0 Å². The molecule has 1 atom stereocenters. The Kier molecular flexibility index (Phi) is 2.35. The van der Waals surface area contributed by atoms with Crippen LogP contribution >= 0.6 is 0 Å². The highest BCUT2D eigenvalue weighted by Crippen LogP contribution is 2.16. The van der Waals surface area contributed by atoms with Gasteiger partial charge in [0.15, 0.2) is 6.10 Å². The summed E-state index contributed by atoms with van der Waals surface area (Å²) in [7, 11) is 1.79. The van der Waals surface area contributed by atoms with E-state index in [1.165, 1.54) is 0 Å². The summed E-state index contributed by atoms with van der Waals surface area (Å²) in [6, 6.07) is 3.59. The molecule has 74 valence electrons. The molecule has 0 bridgehead atoms. The number of amides is 1. The van der Waals surface area contributed by atoms with Gasteiger partial charge in [0.2, 0.25) is 0 Å². The third-order valence-electron chi connectivity index (χ3n) is 2.29. The molecule has 1 amide bonds. The molecular formula is C10H12N2O2. The van der Waals surface area contributed by atoms with Gasteiger partial charge in [-0.3, -0.25) is 9.78 Å². The Bertz CT molecular complexity index is 326. The third kappa shape index (κ3) is 1.69. The number of rotatable bonds is 2. The topological polar surface area (TPSA) is 42.4 Å². The summed E-state index contributed by atoms with van der Waals surface area (Å²) in [5, 5.41) is 0. The maximum absolute atomic E-state index is 11.5. The first-order chi connectivity index (χ1) is 6.77. The number of aromatic nitrogens is 1. The minimum atomic E-state index is -0.329. The van der Waals surface area contributed by atoms with Gasteiger partial charge in [-0.2, -0.15) is 0 Å². The van der Waals surface area contributed by atoms with Crippen LogP contribution in [0.15, 0.2) is 24.5 Å². The lowest BCUT2D eigenvalue weighted by Gasteiger charge is -2.12. The molecule has 0 radical (unpaired) electrons. The number of ether oxygens (including phenoxy) is 1. The zero-order valence-electron chi connectivity index (χ0n) is 8.01. The standard InChI is InChI=1S/C10H12N2O2/c1-12-6-4-9(10(12)13)14-8-3-2-5-11-7-8/h2-3,5,7,9H,4,6H2,1H3. The Morgan fingerprint density at radius 3 is 3.07 bits per heavy atom. The van der Waals surface area contributed by atoms with Crippen LogP contribution in [-0.4, -0.2) is 35.5 Å². The predicted molar refractivity (Wildman–Crippen MR) is 50.9 cm³/mol. The molecular weight excluding hydrogens is 180 g/mol. The fourth-order valence-corrected chi connectivity index (χ4v) is 1.48. The van der Waals surface area contributed by atoms with Crippen molar-refractivity contribution in [3.8, 4) is 5.75 Å². The molecule has 0 aromatic carbocycles. The van der Waals surface area contributed by atoms with E-state index in [9.17, 15) is 4.79 Å². The number of likely N-dealkylation sites (tertiary alicyclic amines) is 1. The molecule has 4 heteroatoms. The maximum atomic E-state index is 11.5. The summed E-state index contributed by atoms with van der Waals surface area (Å²) in [4.78, 5) is 17.1. The predicted octanol–water partition coefficient (Wildman–Crippen LogP) is 0.691. The molecule has 4 nitrogen and oxygen atoms in total. The molecule has 0 saturated carbocycles. The summed E-state index contributed by atoms with van der Waals surface area (Å²) < 4.78 is 5.50. The number of hydrogen-bond donors (Lipinski definition) is 0. The van der Waals surface area contributed by atoms with Crippen LogP contribution in [0.5, 0.6) is 5.75 Å². The van der Waals surface area contributed by atoms with Crippen molar-refractivity contribution in [3.63, 3.8) is 0 Å². The number of hydrogen-bond acceptors (Lipinski definition) is 3. The number of likely N-dealkylation sites (N-methyl/N-ethyl adjacent to an activating group) is 1. The Balaban J connectivity index is 2.02. The smallest absolute Gasteiger partial charge is 0.263 e. The first-order valence-corrected chi connectivity index (χ1v) is 4.59.